The minimum atomic E-state index is -3.33. The van der Waals surface area contributed by atoms with Crippen LogP contribution < -0.4 is 5.32 Å². The van der Waals surface area contributed by atoms with Gasteiger partial charge in [0.2, 0.25) is 5.91 Å². The van der Waals surface area contributed by atoms with E-state index < -0.39 is 9.84 Å². The third-order valence-corrected chi connectivity index (χ3v) is 4.45. The van der Waals surface area contributed by atoms with Crippen LogP contribution in [0.1, 0.15) is 11.1 Å². The molecule has 0 atom stereocenters. The van der Waals surface area contributed by atoms with E-state index in [1.807, 2.05) is 42.5 Å². The van der Waals surface area contributed by atoms with Gasteiger partial charge in [0, 0.05) is 12.8 Å². The summed E-state index contributed by atoms with van der Waals surface area (Å²) in [4.78, 5) is 12.2. The molecule has 1 N–H and O–H groups in total. The molecule has 1 amide bonds. The van der Waals surface area contributed by atoms with Gasteiger partial charge in [-0.25, -0.2) is 8.42 Å². The molecule has 0 saturated heterocycles. The topological polar surface area (TPSA) is 63.2 Å². The van der Waals surface area contributed by atoms with Gasteiger partial charge in [0.25, 0.3) is 0 Å². The van der Waals surface area contributed by atoms with Crippen molar-refractivity contribution in [2.45, 2.75) is 11.3 Å². The van der Waals surface area contributed by atoms with Gasteiger partial charge >= 0.3 is 0 Å². The van der Waals surface area contributed by atoms with E-state index in [1.54, 1.807) is 18.2 Å². The number of carbonyl (C=O) groups is 1. The van der Waals surface area contributed by atoms with Gasteiger partial charge in [-0.1, -0.05) is 60.7 Å². The Hall–Kier alpha value is -2.40. The van der Waals surface area contributed by atoms with Gasteiger partial charge in [0.05, 0.1) is 11.3 Å². The molecule has 0 aromatic heterocycles. The molecule has 0 saturated carbocycles. The Bertz CT molecular complexity index is 796. The highest BCUT2D eigenvalue weighted by Gasteiger charge is 2.14. The fourth-order valence-electron chi connectivity index (χ4n) is 2.18. The summed E-state index contributed by atoms with van der Waals surface area (Å²) in [7, 11) is -3.33. The molecule has 0 unspecified atom stereocenters. The van der Waals surface area contributed by atoms with Gasteiger partial charge in [-0.15, -0.1) is 0 Å². The predicted molar refractivity (Wildman–Crippen MR) is 91.7 cm³/mol. The van der Waals surface area contributed by atoms with E-state index in [-0.39, 0.29) is 17.2 Å². The zero-order valence-corrected chi connectivity index (χ0v) is 13.7. The summed E-state index contributed by atoms with van der Waals surface area (Å²) >= 11 is 0. The third kappa shape index (κ3) is 5.38. The maximum Gasteiger partial charge on any atom is 0.224 e. The van der Waals surface area contributed by atoms with Crippen LogP contribution in [0, 0.1) is 0 Å². The Balaban J connectivity index is 1.92. The zero-order valence-electron chi connectivity index (χ0n) is 12.9. The number of rotatable bonds is 6. The van der Waals surface area contributed by atoms with E-state index in [1.165, 1.54) is 6.07 Å². The Labute approximate surface area is 136 Å². The van der Waals surface area contributed by atoms with Gasteiger partial charge in [-0.3, -0.25) is 4.79 Å². The molecule has 2 aromatic carbocycles. The molecule has 0 aliphatic rings. The molecule has 0 heterocycles. The fraction of sp³-hybridized carbons (Fsp3) is 0.167. The Morgan fingerprint density at radius 2 is 1.70 bits per heavy atom. The molecule has 2 rings (SSSR count). The van der Waals surface area contributed by atoms with Crippen molar-refractivity contribution in [3.63, 3.8) is 0 Å². The maximum atomic E-state index is 12.0. The van der Waals surface area contributed by atoms with Gasteiger partial charge in [0.15, 0.2) is 9.84 Å². The fourth-order valence-corrected chi connectivity index (χ4v) is 3.12. The number of amides is 1. The number of hydrogen-bond donors (Lipinski definition) is 1. The van der Waals surface area contributed by atoms with Crippen molar-refractivity contribution in [3.8, 4) is 0 Å². The highest BCUT2D eigenvalue weighted by molar-refractivity contribution is 7.90. The lowest BCUT2D eigenvalue weighted by atomic mass is 10.1. The summed E-state index contributed by atoms with van der Waals surface area (Å²) in [6.45, 7) is 0.398. The van der Waals surface area contributed by atoms with Crippen LogP contribution in [0.3, 0.4) is 0 Å². The summed E-state index contributed by atoms with van der Waals surface area (Å²) in [5.74, 6) is -0.209. The Kier molecular flexibility index (Phi) is 5.71. The summed E-state index contributed by atoms with van der Waals surface area (Å²) < 4.78 is 23.4. The summed E-state index contributed by atoms with van der Waals surface area (Å²) in [5.41, 5.74) is 1.57. The van der Waals surface area contributed by atoms with Crippen molar-refractivity contribution in [1.29, 1.82) is 0 Å². The van der Waals surface area contributed by atoms with E-state index in [0.29, 0.717) is 12.1 Å². The second-order valence-corrected chi connectivity index (χ2v) is 7.16. The number of sulfone groups is 1. The molecule has 0 radical (unpaired) electrons. The predicted octanol–water partition coefficient (Wildman–Crippen LogP) is 2.46. The van der Waals surface area contributed by atoms with E-state index in [9.17, 15) is 13.2 Å². The van der Waals surface area contributed by atoms with Crippen molar-refractivity contribution in [2.24, 2.45) is 0 Å². The highest BCUT2D eigenvalue weighted by atomic mass is 32.2. The lowest BCUT2D eigenvalue weighted by Crippen LogP contribution is -2.25. The molecule has 23 heavy (non-hydrogen) atoms. The SMILES string of the molecule is CS(=O)(=O)c1ccccc1CC(=O)NC/C=C/c1ccccc1. The van der Waals surface area contributed by atoms with Gasteiger partial charge in [0.1, 0.15) is 0 Å². The number of nitrogens with one attached hydrogen (secondary N) is 1. The van der Waals surface area contributed by atoms with E-state index >= 15 is 0 Å². The summed E-state index contributed by atoms with van der Waals surface area (Å²) in [6.07, 6.45) is 4.97. The van der Waals surface area contributed by atoms with Crippen LogP contribution in [0.15, 0.2) is 65.6 Å². The van der Waals surface area contributed by atoms with E-state index in [4.69, 9.17) is 0 Å². The lowest BCUT2D eigenvalue weighted by molar-refractivity contribution is -0.120. The quantitative estimate of drug-likeness (QED) is 0.885. The maximum absolute atomic E-state index is 12.0. The average Bonchev–Trinajstić information content (AvgIpc) is 2.52. The van der Waals surface area contributed by atoms with Gasteiger partial charge < -0.3 is 5.32 Å². The van der Waals surface area contributed by atoms with Crippen molar-refractivity contribution in [2.75, 3.05) is 12.8 Å². The van der Waals surface area contributed by atoms with E-state index in [2.05, 4.69) is 5.32 Å². The Morgan fingerprint density at radius 3 is 2.39 bits per heavy atom. The molecule has 0 aliphatic heterocycles. The molecule has 4 nitrogen and oxygen atoms in total. The van der Waals surface area contributed by atoms with Gasteiger partial charge in [-0.2, -0.15) is 0 Å². The highest BCUT2D eigenvalue weighted by Crippen LogP contribution is 2.15. The molecule has 0 bridgehead atoms. The smallest absolute Gasteiger partial charge is 0.224 e. The van der Waals surface area contributed by atoms with Crippen molar-refractivity contribution in [1.82, 2.24) is 5.32 Å². The zero-order chi connectivity index (χ0) is 16.7. The second kappa shape index (κ2) is 7.74. The van der Waals surface area contributed by atoms with Gasteiger partial charge in [-0.05, 0) is 17.2 Å². The molecule has 0 fully saturated rings. The molecular formula is C18H19NO3S. The number of hydrogen-bond acceptors (Lipinski definition) is 3. The number of benzene rings is 2. The molecule has 0 aliphatic carbocycles. The van der Waals surface area contributed by atoms with Crippen LogP contribution in [0.5, 0.6) is 0 Å². The first-order chi connectivity index (χ1) is 11.0. The van der Waals surface area contributed by atoms with Crippen LogP contribution in [-0.4, -0.2) is 27.1 Å². The van der Waals surface area contributed by atoms with Crippen LogP contribution in [0.25, 0.3) is 6.08 Å². The molecule has 5 heteroatoms. The van der Waals surface area contributed by atoms with E-state index in [0.717, 1.165) is 11.8 Å². The van der Waals surface area contributed by atoms with Crippen molar-refractivity contribution < 1.29 is 13.2 Å². The van der Waals surface area contributed by atoms with Crippen molar-refractivity contribution >= 4 is 21.8 Å². The summed E-state index contributed by atoms with van der Waals surface area (Å²) in [5, 5.41) is 2.76. The Morgan fingerprint density at radius 1 is 1.04 bits per heavy atom. The summed E-state index contributed by atoms with van der Waals surface area (Å²) in [6, 6.07) is 16.3. The first kappa shape index (κ1) is 17.0. The largest absolute Gasteiger partial charge is 0.352 e. The monoisotopic (exact) mass is 329 g/mol. The first-order valence-electron chi connectivity index (χ1n) is 7.23. The molecular weight excluding hydrogens is 310 g/mol. The van der Waals surface area contributed by atoms with Crippen LogP contribution in [-0.2, 0) is 21.1 Å². The minimum Gasteiger partial charge on any atom is -0.352 e. The number of carbonyl (C=O) groups excluding carboxylic acids is 1. The molecule has 0 spiro atoms. The second-order valence-electron chi connectivity index (χ2n) is 5.17. The van der Waals surface area contributed by atoms with Crippen molar-refractivity contribution in [3.05, 3.63) is 71.8 Å². The molecule has 120 valence electrons. The third-order valence-electron chi connectivity index (χ3n) is 3.25. The first-order valence-corrected chi connectivity index (χ1v) is 9.12. The lowest BCUT2D eigenvalue weighted by Gasteiger charge is -2.07. The van der Waals surface area contributed by atoms with Crippen LogP contribution in [0.4, 0.5) is 0 Å². The standard InChI is InChI=1S/C18H19NO3S/c1-23(21,22)17-12-6-5-11-16(17)14-18(20)19-13-7-10-15-8-3-2-4-9-15/h2-12H,13-14H2,1H3,(H,19,20)/b10-7+. The minimum absolute atomic E-state index is 0.0441. The molecule has 2 aromatic rings. The normalized spacial score (nSPS) is 11.5. The average molecular weight is 329 g/mol. The van der Waals surface area contributed by atoms with Crippen LogP contribution >= 0.6 is 0 Å². The van der Waals surface area contributed by atoms with Crippen LogP contribution in [0.2, 0.25) is 0 Å².